The van der Waals surface area contributed by atoms with Gasteiger partial charge in [-0.2, -0.15) is 0 Å². The molecule has 0 nitrogen and oxygen atoms in total. The second kappa shape index (κ2) is 11.8. The Balaban J connectivity index is 3.87. The molecule has 0 aromatic rings. The summed E-state index contributed by atoms with van der Waals surface area (Å²) in [6.07, 6.45) is 12.4. The van der Waals surface area contributed by atoms with E-state index >= 15 is 0 Å². The smallest absolute Gasteiger partial charge is 0.100 e. The molecular formula is C17H34Si. The summed E-state index contributed by atoms with van der Waals surface area (Å²) in [5.41, 5.74) is 4.56. The number of hydrogen-bond acceptors (Lipinski definition) is 0. The van der Waals surface area contributed by atoms with Crippen molar-refractivity contribution in [3.8, 4) is 0 Å². The molecule has 0 spiro atoms. The Morgan fingerprint density at radius 1 is 0.667 bits per heavy atom. The van der Waals surface area contributed by atoms with Crippen LogP contribution in [0.25, 0.3) is 0 Å². The highest BCUT2D eigenvalue weighted by Gasteiger charge is 2.24. The van der Waals surface area contributed by atoms with E-state index in [0.29, 0.717) is 0 Å². The predicted octanol–water partition coefficient (Wildman–Crippen LogP) is 6.44. The Hall–Kier alpha value is -0.303. The summed E-state index contributed by atoms with van der Waals surface area (Å²) in [6, 6.07) is 2.76. The molecule has 0 bridgehead atoms. The summed E-state index contributed by atoms with van der Waals surface area (Å²) in [6.45, 7) is 12.8. The van der Waals surface area contributed by atoms with Crippen molar-refractivity contribution in [1.82, 2.24) is 0 Å². The molecule has 0 atom stereocenters. The molecule has 0 aromatic heterocycles. The average Bonchev–Trinajstić information content (AvgIpc) is 2.41. The molecule has 0 N–H and O–H groups in total. The molecule has 18 heavy (non-hydrogen) atoms. The van der Waals surface area contributed by atoms with Gasteiger partial charge in [0.05, 0.1) is 0 Å². The van der Waals surface area contributed by atoms with Gasteiger partial charge in [-0.3, -0.25) is 0 Å². The predicted molar refractivity (Wildman–Crippen MR) is 88.7 cm³/mol. The molecule has 0 radical (unpaired) electrons. The van der Waals surface area contributed by atoms with E-state index in [1.807, 2.05) is 0 Å². The lowest BCUT2D eigenvalue weighted by Crippen LogP contribution is -2.29. The average molecular weight is 267 g/mol. The second-order valence-corrected chi connectivity index (χ2v) is 9.90. The van der Waals surface area contributed by atoms with E-state index in [1.165, 1.54) is 69.9 Å². The lowest BCUT2D eigenvalue weighted by molar-refractivity contribution is 0.622. The van der Waals surface area contributed by atoms with Crippen LogP contribution in [0.2, 0.25) is 12.1 Å². The highest BCUT2D eigenvalue weighted by molar-refractivity contribution is 6.88. The third-order valence-electron chi connectivity index (χ3n) is 4.05. The van der Waals surface area contributed by atoms with Crippen LogP contribution in [0.1, 0.15) is 71.6 Å². The highest BCUT2D eigenvalue weighted by atomic mass is 28.3. The number of unbranched alkanes of at least 4 members (excludes halogenated alkanes) is 7. The van der Waals surface area contributed by atoms with Gasteiger partial charge in [-0.25, -0.2) is 0 Å². The Bertz CT molecular complexity index is 200. The molecule has 0 saturated carbocycles. The third kappa shape index (κ3) is 7.92. The first-order valence-electron chi connectivity index (χ1n) is 8.02. The van der Waals surface area contributed by atoms with Crippen molar-refractivity contribution in [1.29, 1.82) is 0 Å². The van der Waals surface area contributed by atoms with Crippen molar-refractivity contribution < 1.29 is 0 Å². The van der Waals surface area contributed by atoms with Crippen LogP contribution < -0.4 is 0 Å². The largest absolute Gasteiger partial charge is 0.107 e. The van der Waals surface area contributed by atoms with Gasteiger partial charge in [-0.15, -0.1) is 13.2 Å². The van der Waals surface area contributed by atoms with Gasteiger partial charge in [-0.1, -0.05) is 95.1 Å². The van der Waals surface area contributed by atoms with Crippen molar-refractivity contribution in [2.24, 2.45) is 0 Å². The zero-order valence-electron chi connectivity index (χ0n) is 12.8. The Morgan fingerprint density at radius 2 is 1.06 bits per heavy atom. The molecule has 0 fully saturated rings. The normalized spacial score (nSPS) is 11.4. The molecule has 0 heterocycles. The van der Waals surface area contributed by atoms with Gasteiger partial charge in [0, 0.05) is 0 Å². The minimum absolute atomic E-state index is 1.32. The zero-order valence-corrected chi connectivity index (χ0v) is 13.8. The highest BCUT2D eigenvalue weighted by Crippen LogP contribution is 2.25. The molecule has 0 rings (SSSR count). The van der Waals surface area contributed by atoms with Crippen LogP contribution in [-0.2, 0) is 0 Å². The summed E-state index contributed by atoms with van der Waals surface area (Å²) >= 11 is 0. The van der Waals surface area contributed by atoms with Gasteiger partial charge in [0.1, 0.15) is 8.07 Å². The Labute approximate surface area is 117 Å². The fourth-order valence-corrected chi connectivity index (χ4v) is 5.60. The van der Waals surface area contributed by atoms with Crippen LogP contribution in [0.15, 0.2) is 24.6 Å². The maximum atomic E-state index is 4.10. The van der Waals surface area contributed by atoms with Crippen molar-refractivity contribution in [2.75, 3.05) is 0 Å². The van der Waals surface area contributed by atoms with Crippen LogP contribution >= 0.6 is 0 Å². The fraction of sp³-hybridized carbons (Fsp3) is 0.765. The van der Waals surface area contributed by atoms with Crippen molar-refractivity contribution >= 4 is 8.07 Å². The van der Waals surface area contributed by atoms with E-state index < -0.39 is 8.07 Å². The molecule has 0 saturated heterocycles. The SMILES string of the molecule is C=C[Si](C=C)(CCCCC)CCCCCCCC. The number of hydrogen-bond donors (Lipinski definition) is 0. The maximum absolute atomic E-state index is 4.10. The summed E-state index contributed by atoms with van der Waals surface area (Å²) in [5, 5.41) is 0. The molecule has 1 heteroatoms. The second-order valence-electron chi connectivity index (χ2n) is 5.62. The molecule has 0 aliphatic rings. The lowest BCUT2D eigenvalue weighted by atomic mass is 10.1. The standard InChI is InChI=1S/C17H34Si/c1-5-9-11-12-13-15-17-18(7-3,8-4)16-14-10-6-2/h7-8H,3-6,9-17H2,1-2H3. The molecular weight excluding hydrogens is 232 g/mol. The summed E-state index contributed by atoms with van der Waals surface area (Å²) < 4.78 is 0. The molecule has 0 aliphatic carbocycles. The number of rotatable bonds is 13. The van der Waals surface area contributed by atoms with Crippen LogP contribution in [0, 0.1) is 0 Å². The molecule has 0 amide bonds. The fourth-order valence-electron chi connectivity index (χ4n) is 2.56. The van der Waals surface area contributed by atoms with E-state index in [2.05, 4.69) is 38.4 Å². The van der Waals surface area contributed by atoms with Crippen LogP contribution in [-0.4, -0.2) is 8.07 Å². The van der Waals surface area contributed by atoms with Gasteiger partial charge < -0.3 is 0 Å². The molecule has 0 aliphatic heterocycles. The maximum Gasteiger partial charge on any atom is 0.100 e. The van der Waals surface area contributed by atoms with Gasteiger partial charge in [0.15, 0.2) is 0 Å². The van der Waals surface area contributed by atoms with Gasteiger partial charge >= 0.3 is 0 Å². The van der Waals surface area contributed by atoms with Gasteiger partial charge in [0.25, 0.3) is 0 Å². The zero-order chi connectivity index (χ0) is 13.7. The van der Waals surface area contributed by atoms with Crippen molar-refractivity contribution in [3.05, 3.63) is 24.6 Å². The van der Waals surface area contributed by atoms with Crippen LogP contribution in [0.3, 0.4) is 0 Å². The van der Waals surface area contributed by atoms with Gasteiger partial charge in [-0.05, 0) is 0 Å². The lowest BCUT2D eigenvalue weighted by Gasteiger charge is -2.24. The molecule has 0 aromatic carbocycles. The summed E-state index contributed by atoms with van der Waals surface area (Å²) in [4.78, 5) is 0. The first kappa shape index (κ1) is 17.7. The summed E-state index contributed by atoms with van der Waals surface area (Å²) in [7, 11) is -1.32. The third-order valence-corrected chi connectivity index (χ3v) is 8.25. The quantitative estimate of drug-likeness (QED) is 0.266. The molecule has 106 valence electrons. The van der Waals surface area contributed by atoms with Crippen LogP contribution in [0.4, 0.5) is 0 Å². The van der Waals surface area contributed by atoms with E-state index in [9.17, 15) is 0 Å². The minimum Gasteiger partial charge on any atom is -0.107 e. The first-order valence-corrected chi connectivity index (χ1v) is 10.6. The molecule has 0 unspecified atom stereocenters. The van der Waals surface area contributed by atoms with Crippen molar-refractivity contribution in [2.45, 2.75) is 83.7 Å². The van der Waals surface area contributed by atoms with Gasteiger partial charge in [0.2, 0.25) is 0 Å². The minimum atomic E-state index is -1.32. The monoisotopic (exact) mass is 266 g/mol. The van der Waals surface area contributed by atoms with Crippen molar-refractivity contribution in [3.63, 3.8) is 0 Å². The topological polar surface area (TPSA) is 0 Å². The van der Waals surface area contributed by atoms with Crippen LogP contribution in [0.5, 0.6) is 0 Å². The van der Waals surface area contributed by atoms with E-state index in [1.54, 1.807) is 0 Å². The van der Waals surface area contributed by atoms with E-state index in [0.717, 1.165) is 0 Å². The first-order chi connectivity index (χ1) is 8.74. The Kier molecular flexibility index (Phi) is 11.6. The van der Waals surface area contributed by atoms with E-state index in [4.69, 9.17) is 0 Å². The Morgan fingerprint density at radius 3 is 1.56 bits per heavy atom. The summed E-state index contributed by atoms with van der Waals surface area (Å²) in [5.74, 6) is 0. The van der Waals surface area contributed by atoms with E-state index in [-0.39, 0.29) is 0 Å².